The Morgan fingerprint density at radius 2 is 1.79 bits per heavy atom. The average molecular weight is 268 g/mol. The van der Waals surface area contributed by atoms with Gasteiger partial charge in [-0.25, -0.2) is 8.78 Å². The number of alkyl halides is 2. The summed E-state index contributed by atoms with van der Waals surface area (Å²) < 4.78 is 41.6. The van der Waals surface area contributed by atoms with E-state index in [9.17, 15) is 8.78 Å². The molecule has 2 N–H and O–H groups in total. The Balaban J connectivity index is 2.19. The Labute approximate surface area is 106 Å². The number of ether oxygens (including phenoxy) is 2. The number of benzene rings is 1. The fourth-order valence-corrected chi connectivity index (χ4v) is 1.97. The predicted molar refractivity (Wildman–Crippen MR) is 62.3 cm³/mol. The first-order valence-electron chi connectivity index (χ1n) is 5.59. The lowest BCUT2D eigenvalue weighted by molar-refractivity contribution is 0.147. The maximum atomic E-state index is 13.1. The maximum absolute atomic E-state index is 13.1. The van der Waals surface area contributed by atoms with E-state index in [4.69, 9.17) is 19.7 Å². The highest BCUT2D eigenvalue weighted by Gasteiger charge is 2.23. The molecule has 2 aromatic rings. The molecule has 0 atom stereocenters. The highest BCUT2D eigenvalue weighted by molar-refractivity contribution is 5.77. The van der Waals surface area contributed by atoms with Crippen LogP contribution in [-0.2, 0) is 0 Å². The first kappa shape index (κ1) is 11.8. The van der Waals surface area contributed by atoms with Crippen molar-refractivity contribution in [3.8, 4) is 22.6 Å². The third kappa shape index (κ3) is 1.96. The standard InChI is InChI=1S/C12H10F2N2O3/c13-11(14)7-4-10-9(17-1-2-18-10)3-6(7)8-5-16-19-12(8)15/h3-5,11H,1-2,15H2. The summed E-state index contributed by atoms with van der Waals surface area (Å²) >= 11 is 0. The van der Waals surface area contributed by atoms with E-state index in [2.05, 4.69) is 5.16 Å². The van der Waals surface area contributed by atoms with Gasteiger partial charge < -0.3 is 19.7 Å². The molecule has 0 aliphatic carbocycles. The van der Waals surface area contributed by atoms with Crippen molar-refractivity contribution in [3.05, 3.63) is 23.9 Å². The van der Waals surface area contributed by atoms with Crippen LogP contribution in [0.2, 0.25) is 0 Å². The molecule has 0 radical (unpaired) electrons. The molecule has 0 unspecified atom stereocenters. The summed E-state index contributed by atoms with van der Waals surface area (Å²) in [5.41, 5.74) is 5.92. The van der Waals surface area contributed by atoms with Crippen molar-refractivity contribution in [1.29, 1.82) is 0 Å². The molecule has 100 valence electrons. The zero-order valence-electron chi connectivity index (χ0n) is 9.73. The maximum Gasteiger partial charge on any atom is 0.264 e. The topological polar surface area (TPSA) is 70.5 Å². The molecule has 1 aromatic carbocycles. The fraction of sp³-hybridized carbons (Fsp3) is 0.250. The quantitative estimate of drug-likeness (QED) is 0.906. The minimum absolute atomic E-state index is 0.0152. The van der Waals surface area contributed by atoms with E-state index in [1.807, 2.05) is 0 Å². The third-order valence-corrected chi connectivity index (χ3v) is 2.84. The van der Waals surface area contributed by atoms with Crippen LogP contribution in [0.15, 0.2) is 22.9 Å². The van der Waals surface area contributed by atoms with Gasteiger partial charge >= 0.3 is 0 Å². The third-order valence-electron chi connectivity index (χ3n) is 2.84. The predicted octanol–water partition coefficient (Wildman–Crippen LogP) is 2.63. The number of anilines is 1. The van der Waals surface area contributed by atoms with Crippen LogP contribution in [0, 0.1) is 0 Å². The fourth-order valence-electron chi connectivity index (χ4n) is 1.97. The smallest absolute Gasteiger partial charge is 0.264 e. The summed E-state index contributed by atoms with van der Waals surface area (Å²) in [6, 6.07) is 2.74. The van der Waals surface area contributed by atoms with Crippen molar-refractivity contribution in [3.63, 3.8) is 0 Å². The molecule has 0 bridgehead atoms. The number of nitrogen functional groups attached to an aromatic ring is 1. The number of rotatable bonds is 2. The number of hydrogen-bond acceptors (Lipinski definition) is 5. The van der Waals surface area contributed by atoms with Crippen LogP contribution in [0.3, 0.4) is 0 Å². The normalized spacial score (nSPS) is 13.8. The van der Waals surface area contributed by atoms with Crippen molar-refractivity contribution >= 4 is 5.88 Å². The Morgan fingerprint density at radius 1 is 1.11 bits per heavy atom. The van der Waals surface area contributed by atoms with Gasteiger partial charge in [0.2, 0.25) is 5.88 Å². The molecule has 1 aromatic heterocycles. The first-order valence-corrected chi connectivity index (χ1v) is 5.59. The molecular weight excluding hydrogens is 258 g/mol. The highest BCUT2D eigenvalue weighted by atomic mass is 19.3. The van der Waals surface area contributed by atoms with E-state index >= 15 is 0 Å². The SMILES string of the molecule is Nc1oncc1-c1cc2c(cc1C(F)F)OCCO2. The number of halogens is 2. The van der Waals surface area contributed by atoms with Crippen molar-refractivity contribution in [2.75, 3.05) is 18.9 Å². The number of nitrogens with zero attached hydrogens (tertiary/aromatic N) is 1. The van der Waals surface area contributed by atoms with Crippen molar-refractivity contribution in [2.45, 2.75) is 6.43 Å². The number of fused-ring (bicyclic) bond motifs is 1. The second-order valence-corrected chi connectivity index (χ2v) is 3.99. The minimum atomic E-state index is -2.67. The lowest BCUT2D eigenvalue weighted by Gasteiger charge is -2.20. The lowest BCUT2D eigenvalue weighted by atomic mass is 10.0. The van der Waals surface area contributed by atoms with Crippen LogP contribution in [0.5, 0.6) is 11.5 Å². The minimum Gasteiger partial charge on any atom is -0.486 e. The van der Waals surface area contributed by atoms with Gasteiger partial charge in [0.25, 0.3) is 6.43 Å². The van der Waals surface area contributed by atoms with Gasteiger partial charge in [-0.1, -0.05) is 5.16 Å². The van der Waals surface area contributed by atoms with E-state index in [0.717, 1.165) is 0 Å². The molecule has 2 heterocycles. The molecule has 0 fully saturated rings. The van der Waals surface area contributed by atoms with Crippen LogP contribution < -0.4 is 15.2 Å². The van der Waals surface area contributed by atoms with Gasteiger partial charge in [0, 0.05) is 11.1 Å². The van der Waals surface area contributed by atoms with Crippen LogP contribution in [-0.4, -0.2) is 18.4 Å². The van der Waals surface area contributed by atoms with Crippen LogP contribution >= 0.6 is 0 Å². The molecule has 5 nitrogen and oxygen atoms in total. The van der Waals surface area contributed by atoms with Crippen LogP contribution in [0.1, 0.15) is 12.0 Å². The van der Waals surface area contributed by atoms with Crippen molar-refractivity contribution in [1.82, 2.24) is 5.16 Å². The Bertz CT molecular complexity index is 613. The van der Waals surface area contributed by atoms with Crippen molar-refractivity contribution < 1.29 is 22.8 Å². The van der Waals surface area contributed by atoms with Gasteiger partial charge in [-0.05, 0) is 12.1 Å². The van der Waals surface area contributed by atoms with E-state index in [0.29, 0.717) is 30.3 Å². The summed E-state index contributed by atoms with van der Waals surface area (Å²) in [4.78, 5) is 0. The zero-order chi connectivity index (χ0) is 13.4. The number of nitrogens with two attached hydrogens (primary N) is 1. The Hall–Kier alpha value is -2.31. The summed E-state index contributed by atoms with van der Waals surface area (Å²) in [7, 11) is 0. The van der Waals surface area contributed by atoms with Crippen LogP contribution in [0.4, 0.5) is 14.7 Å². The van der Waals surface area contributed by atoms with E-state index < -0.39 is 6.43 Å². The summed E-state index contributed by atoms with van der Waals surface area (Å²) in [6.07, 6.45) is -1.37. The van der Waals surface area contributed by atoms with E-state index in [1.165, 1.54) is 18.3 Å². The second kappa shape index (κ2) is 4.42. The number of aromatic nitrogens is 1. The molecule has 0 spiro atoms. The first-order chi connectivity index (χ1) is 9.16. The van der Waals surface area contributed by atoms with Gasteiger partial charge in [0.15, 0.2) is 11.5 Å². The van der Waals surface area contributed by atoms with Crippen molar-refractivity contribution in [2.24, 2.45) is 0 Å². The summed E-state index contributed by atoms with van der Waals surface area (Å²) in [6.45, 7) is 0.712. The molecule has 1 aliphatic rings. The van der Waals surface area contributed by atoms with E-state index in [1.54, 1.807) is 0 Å². The van der Waals surface area contributed by atoms with Gasteiger partial charge in [-0.2, -0.15) is 0 Å². The molecule has 1 aliphatic heterocycles. The van der Waals surface area contributed by atoms with E-state index in [-0.39, 0.29) is 17.0 Å². The van der Waals surface area contributed by atoms with Gasteiger partial charge in [0.1, 0.15) is 13.2 Å². The van der Waals surface area contributed by atoms with Gasteiger partial charge in [0.05, 0.1) is 11.8 Å². The highest BCUT2D eigenvalue weighted by Crippen LogP contribution is 2.42. The molecule has 0 saturated heterocycles. The zero-order valence-corrected chi connectivity index (χ0v) is 9.73. The Kier molecular flexibility index (Phi) is 2.73. The largest absolute Gasteiger partial charge is 0.486 e. The molecular formula is C12H10F2N2O3. The molecule has 3 rings (SSSR count). The molecule has 19 heavy (non-hydrogen) atoms. The van der Waals surface area contributed by atoms with Crippen LogP contribution in [0.25, 0.3) is 11.1 Å². The lowest BCUT2D eigenvalue weighted by Crippen LogP contribution is -2.15. The Morgan fingerprint density at radius 3 is 2.37 bits per heavy atom. The molecule has 0 amide bonds. The summed E-state index contributed by atoms with van der Waals surface area (Å²) in [5.74, 6) is 0.699. The monoisotopic (exact) mass is 268 g/mol. The number of hydrogen-bond donors (Lipinski definition) is 1. The molecule has 0 saturated carbocycles. The van der Waals surface area contributed by atoms with Gasteiger partial charge in [-0.15, -0.1) is 0 Å². The average Bonchev–Trinajstić information content (AvgIpc) is 2.83. The van der Waals surface area contributed by atoms with Gasteiger partial charge in [-0.3, -0.25) is 0 Å². The second-order valence-electron chi connectivity index (χ2n) is 3.99. The summed E-state index contributed by atoms with van der Waals surface area (Å²) in [5, 5.41) is 3.49. The molecule has 7 heteroatoms.